The molecule has 0 aliphatic heterocycles. The van der Waals surface area contributed by atoms with E-state index in [2.05, 4.69) is 43.4 Å². The molecule has 3 N–H and O–H groups in total. The fraction of sp³-hybridized carbons (Fsp3) is 0.533. The summed E-state index contributed by atoms with van der Waals surface area (Å²) in [5.74, 6) is 0.0716. The first-order chi connectivity index (χ1) is 8.58. The molecule has 0 heterocycles. The first-order valence-corrected chi connectivity index (χ1v) is 6.65. The molecule has 1 aromatic carbocycles. The predicted molar refractivity (Wildman–Crippen MR) is 75.2 cm³/mol. The molecule has 3 heteroatoms. The normalized spacial score (nSPS) is 14.0. The molecule has 0 saturated carbocycles. The first-order valence-electron chi connectivity index (χ1n) is 6.65. The van der Waals surface area contributed by atoms with Gasteiger partial charge < -0.3 is 11.1 Å². The maximum atomic E-state index is 12.0. The molecule has 0 aliphatic carbocycles. The lowest BCUT2D eigenvalue weighted by Gasteiger charge is -2.20. The lowest BCUT2D eigenvalue weighted by molar-refractivity contribution is -0.125. The minimum atomic E-state index is -0.0190. The second-order valence-electron chi connectivity index (χ2n) is 4.86. The Hall–Kier alpha value is -1.35. The molecule has 0 bridgehead atoms. The molecule has 0 spiro atoms. The Bertz CT molecular complexity index is 373. The molecule has 2 atom stereocenters. The van der Waals surface area contributed by atoms with Crippen molar-refractivity contribution in [3.05, 3.63) is 35.4 Å². The highest BCUT2D eigenvalue weighted by molar-refractivity contribution is 5.78. The van der Waals surface area contributed by atoms with Gasteiger partial charge in [0, 0.05) is 5.92 Å². The van der Waals surface area contributed by atoms with E-state index in [0.29, 0.717) is 6.54 Å². The third-order valence-corrected chi connectivity index (χ3v) is 3.25. The van der Waals surface area contributed by atoms with Crippen LogP contribution in [0.2, 0.25) is 0 Å². The molecular formula is C15H24N2O. The van der Waals surface area contributed by atoms with Crippen LogP contribution < -0.4 is 11.1 Å². The summed E-state index contributed by atoms with van der Waals surface area (Å²) in [7, 11) is 0. The van der Waals surface area contributed by atoms with Crippen LogP contribution >= 0.6 is 0 Å². The molecule has 0 radical (unpaired) electrons. The second-order valence-corrected chi connectivity index (χ2v) is 4.86. The van der Waals surface area contributed by atoms with Crippen LogP contribution in [0.1, 0.15) is 43.9 Å². The summed E-state index contributed by atoms with van der Waals surface area (Å²) < 4.78 is 0. The predicted octanol–water partition coefficient (Wildman–Crippen LogP) is 2.55. The zero-order valence-corrected chi connectivity index (χ0v) is 11.6. The van der Waals surface area contributed by atoms with Gasteiger partial charge in [-0.05, 0) is 31.9 Å². The lowest BCUT2D eigenvalue weighted by atomic mass is 10.0. The third-order valence-electron chi connectivity index (χ3n) is 3.25. The van der Waals surface area contributed by atoms with Gasteiger partial charge in [0.25, 0.3) is 0 Å². The van der Waals surface area contributed by atoms with Gasteiger partial charge in [0.15, 0.2) is 0 Å². The van der Waals surface area contributed by atoms with E-state index in [1.807, 2.05) is 6.92 Å². The van der Waals surface area contributed by atoms with Crippen molar-refractivity contribution in [3.63, 3.8) is 0 Å². The summed E-state index contributed by atoms with van der Waals surface area (Å²) in [6.45, 7) is 6.62. The summed E-state index contributed by atoms with van der Waals surface area (Å²) >= 11 is 0. The molecule has 2 unspecified atom stereocenters. The Labute approximate surface area is 110 Å². The molecular weight excluding hydrogens is 224 g/mol. The summed E-state index contributed by atoms with van der Waals surface area (Å²) in [4.78, 5) is 12.0. The van der Waals surface area contributed by atoms with Crippen molar-refractivity contribution in [1.29, 1.82) is 0 Å². The van der Waals surface area contributed by atoms with Gasteiger partial charge in [0.1, 0.15) is 0 Å². The molecule has 3 nitrogen and oxygen atoms in total. The van der Waals surface area contributed by atoms with Gasteiger partial charge in [-0.15, -0.1) is 0 Å². The Morgan fingerprint density at radius 3 is 2.44 bits per heavy atom. The van der Waals surface area contributed by atoms with Crippen molar-refractivity contribution >= 4 is 5.91 Å². The number of carbonyl (C=O) groups is 1. The second kappa shape index (κ2) is 7.17. The van der Waals surface area contributed by atoms with Gasteiger partial charge in [-0.2, -0.15) is 0 Å². The van der Waals surface area contributed by atoms with Crippen LogP contribution in [0.5, 0.6) is 0 Å². The Kier molecular flexibility index (Phi) is 5.86. The van der Waals surface area contributed by atoms with Crippen molar-refractivity contribution in [2.75, 3.05) is 6.54 Å². The number of carbonyl (C=O) groups excluding carboxylic acids is 1. The zero-order chi connectivity index (χ0) is 13.5. The SMILES string of the molecule is CCC(NC(=O)C(C)CCN)c1ccc(C)cc1. The average Bonchev–Trinajstić information content (AvgIpc) is 2.37. The largest absolute Gasteiger partial charge is 0.349 e. The molecule has 0 saturated heterocycles. The molecule has 0 aromatic heterocycles. The van der Waals surface area contributed by atoms with E-state index in [1.54, 1.807) is 0 Å². The smallest absolute Gasteiger partial charge is 0.223 e. The summed E-state index contributed by atoms with van der Waals surface area (Å²) in [5, 5.41) is 3.09. The highest BCUT2D eigenvalue weighted by atomic mass is 16.1. The molecule has 0 fully saturated rings. The highest BCUT2D eigenvalue weighted by Gasteiger charge is 2.17. The van der Waals surface area contributed by atoms with Crippen molar-refractivity contribution in [1.82, 2.24) is 5.32 Å². The molecule has 0 aliphatic rings. The van der Waals surface area contributed by atoms with E-state index in [0.717, 1.165) is 18.4 Å². The number of nitrogens with two attached hydrogens (primary N) is 1. The minimum Gasteiger partial charge on any atom is -0.349 e. The first kappa shape index (κ1) is 14.7. The average molecular weight is 248 g/mol. The molecule has 18 heavy (non-hydrogen) atoms. The van der Waals surface area contributed by atoms with Gasteiger partial charge in [0.2, 0.25) is 5.91 Å². The van der Waals surface area contributed by atoms with Gasteiger partial charge in [-0.3, -0.25) is 4.79 Å². The number of aryl methyl sites for hydroxylation is 1. The van der Waals surface area contributed by atoms with Crippen molar-refractivity contribution < 1.29 is 4.79 Å². The number of amides is 1. The molecule has 1 aromatic rings. The number of nitrogens with one attached hydrogen (secondary N) is 1. The Morgan fingerprint density at radius 2 is 1.94 bits per heavy atom. The lowest BCUT2D eigenvalue weighted by Crippen LogP contribution is -2.33. The fourth-order valence-electron chi connectivity index (χ4n) is 1.91. The van der Waals surface area contributed by atoms with Crippen LogP contribution in [0.15, 0.2) is 24.3 Å². The monoisotopic (exact) mass is 248 g/mol. The van der Waals surface area contributed by atoms with Gasteiger partial charge >= 0.3 is 0 Å². The molecule has 1 rings (SSSR count). The quantitative estimate of drug-likeness (QED) is 0.813. The van der Waals surface area contributed by atoms with Crippen molar-refractivity contribution in [3.8, 4) is 0 Å². The summed E-state index contributed by atoms with van der Waals surface area (Å²) in [5.41, 5.74) is 7.87. The third kappa shape index (κ3) is 4.15. The van der Waals surface area contributed by atoms with E-state index in [1.165, 1.54) is 5.56 Å². The van der Waals surface area contributed by atoms with Gasteiger partial charge in [-0.25, -0.2) is 0 Å². The van der Waals surface area contributed by atoms with Crippen LogP contribution in [0.25, 0.3) is 0 Å². The maximum Gasteiger partial charge on any atom is 0.223 e. The van der Waals surface area contributed by atoms with Gasteiger partial charge in [-0.1, -0.05) is 43.7 Å². The topological polar surface area (TPSA) is 55.1 Å². The van der Waals surface area contributed by atoms with Crippen LogP contribution in [-0.4, -0.2) is 12.5 Å². The number of hydrogen-bond donors (Lipinski definition) is 2. The number of benzene rings is 1. The van der Waals surface area contributed by atoms with E-state index in [4.69, 9.17) is 5.73 Å². The van der Waals surface area contributed by atoms with Crippen molar-refractivity contribution in [2.45, 2.75) is 39.7 Å². The van der Waals surface area contributed by atoms with E-state index < -0.39 is 0 Å². The van der Waals surface area contributed by atoms with Crippen LogP contribution in [0, 0.1) is 12.8 Å². The van der Waals surface area contributed by atoms with Crippen LogP contribution in [0.4, 0.5) is 0 Å². The summed E-state index contributed by atoms with van der Waals surface area (Å²) in [6, 6.07) is 8.41. The molecule has 100 valence electrons. The highest BCUT2D eigenvalue weighted by Crippen LogP contribution is 2.18. The van der Waals surface area contributed by atoms with Gasteiger partial charge in [0.05, 0.1) is 6.04 Å². The standard InChI is InChI=1S/C15H24N2O/c1-4-14(13-7-5-11(2)6-8-13)17-15(18)12(3)9-10-16/h5-8,12,14H,4,9-10,16H2,1-3H3,(H,17,18). The fourth-order valence-corrected chi connectivity index (χ4v) is 1.91. The number of hydrogen-bond acceptors (Lipinski definition) is 2. The number of rotatable bonds is 6. The van der Waals surface area contributed by atoms with E-state index in [9.17, 15) is 4.79 Å². The maximum absolute atomic E-state index is 12.0. The van der Waals surface area contributed by atoms with E-state index >= 15 is 0 Å². The Balaban J connectivity index is 2.67. The van der Waals surface area contributed by atoms with E-state index in [-0.39, 0.29) is 17.9 Å². The van der Waals surface area contributed by atoms with Crippen LogP contribution in [-0.2, 0) is 4.79 Å². The minimum absolute atomic E-state index is 0.0190. The summed E-state index contributed by atoms with van der Waals surface area (Å²) in [6.07, 6.45) is 1.63. The Morgan fingerprint density at radius 1 is 1.33 bits per heavy atom. The molecule has 1 amide bonds. The zero-order valence-electron chi connectivity index (χ0n) is 11.6. The van der Waals surface area contributed by atoms with Crippen molar-refractivity contribution in [2.24, 2.45) is 11.7 Å². The van der Waals surface area contributed by atoms with Crippen LogP contribution in [0.3, 0.4) is 0 Å².